The van der Waals surface area contributed by atoms with E-state index in [1.807, 2.05) is 43.3 Å². The van der Waals surface area contributed by atoms with Gasteiger partial charge in [-0.3, -0.25) is 9.59 Å². The van der Waals surface area contributed by atoms with Crippen LogP contribution < -0.4 is 15.4 Å². The summed E-state index contributed by atoms with van der Waals surface area (Å²) in [6.07, 6.45) is 0. The number of ether oxygens (including phenoxy) is 1. The average molecular weight is 354 g/mol. The lowest BCUT2D eigenvalue weighted by molar-refractivity contribution is -0.123. The fourth-order valence-electron chi connectivity index (χ4n) is 2.51. The van der Waals surface area contributed by atoms with Gasteiger partial charge in [-0.15, -0.1) is 0 Å². The van der Waals surface area contributed by atoms with E-state index in [4.69, 9.17) is 4.74 Å². The monoisotopic (exact) mass is 354 g/mol. The topological polar surface area (TPSA) is 67.4 Å². The molecular weight excluding hydrogens is 328 g/mol. The fourth-order valence-corrected chi connectivity index (χ4v) is 2.51. The van der Waals surface area contributed by atoms with Crippen molar-refractivity contribution in [3.8, 4) is 5.75 Å². The summed E-state index contributed by atoms with van der Waals surface area (Å²) in [5.74, 6) is 0.696. The molecule has 0 aliphatic heterocycles. The first-order valence-electron chi connectivity index (χ1n) is 8.80. The van der Waals surface area contributed by atoms with Crippen molar-refractivity contribution in [3.05, 3.63) is 65.2 Å². The first kappa shape index (κ1) is 19.5. The van der Waals surface area contributed by atoms with Crippen molar-refractivity contribution in [2.45, 2.75) is 26.7 Å². The van der Waals surface area contributed by atoms with E-state index in [1.165, 1.54) is 0 Å². The van der Waals surface area contributed by atoms with Crippen LogP contribution in [0.1, 0.15) is 41.3 Å². The molecule has 138 valence electrons. The van der Waals surface area contributed by atoms with Gasteiger partial charge in [0, 0.05) is 18.7 Å². The molecule has 2 aromatic carbocycles. The summed E-state index contributed by atoms with van der Waals surface area (Å²) < 4.78 is 5.69. The number of nitrogens with one attached hydrogen (secondary N) is 2. The number of benzene rings is 2. The van der Waals surface area contributed by atoms with Crippen molar-refractivity contribution >= 4 is 11.8 Å². The highest BCUT2D eigenvalue weighted by molar-refractivity contribution is 5.94. The predicted molar refractivity (Wildman–Crippen MR) is 103 cm³/mol. The predicted octanol–water partition coefficient (Wildman–Crippen LogP) is 3.04. The minimum Gasteiger partial charge on any atom is -0.483 e. The highest BCUT2D eigenvalue weighted by Crippen LogP contribution is 2.27. The molecule has 0 fully saturated rings. The molecule has 5 nitrogen and oxygen atoms in total. The highest BCUT2D eigenvalue weighted by Gasteiger charge is 2.10. The second-order valence-electron chi connectivity index (χ2n) is 6.46. The number of carbonyl (C=O) groups is 2. The van der Waals surface area contributed by atoms with Crippen LogP contribution in [0.2, 0.25) is 0 Å². The Hall–Kier alpha value is -2.82. The molecular formula is C21H26N2O3. The molecule has 0 aromatic heterocycles. The van der Waals surface area contributed by atoms with Crippen LogP contribution in [0.4, 0.5) is 0 Å². The molecule has 0 spiro atoms. The molecule has 0 heterocycles. The van der Waals surface area contributed by atoms with Crippen LogP contribution in [0.5, 0.6) is 5.75 Å². The lowest BCUT2D eigenvalue weighted by Gasteiger charge is -2.15. The number of carbonyl (C=O) groups excluding carboxylic acids is 2. The SMILES string of the molecule is Cc1ccc(C(C)C)c(OCC(=O)NCCNC(=O)c2ccccc2)c1. The molecule has 2 aromatic rings. The second kappa shape index (κ2) is 9.61. The van der Waals surface area contributed by atoms with Crippen LogP contribution in [0.25, 0.3) is 0 Å². The molecule has 2 amide bonds. The maximum Gasteiger partial charge on any atom is 0.258 e. The molecule has 0 unspecified atom stereocenters. The molecule has 0 bridgehead atoms. The molecule has 5 heteroatoms. The number of amides is 2. The molecule has 0 radical (unpaired) electrons. The summed E-state index contributed by atoms with van der Waals surface area (Å²) in [4.78, 5) is 23.8. The Balaban J connectivity index is 1.73. The van der Waals surface area contributed by atoms with Crippen molar-refractivity contribution in [2.75, 3.05) is 19.7 Å². The summed E-state index contributed by atoms with van der Waals surface area (Å²) >= 11 is 0. The van der Waals surface area contributed by atoms with E-state index in [9.17, 15) is 9.59 Å². The summed E-state index contributed by atoms with van der Waals surface area (Å²) in [6, 6.07) is 15.0. The van der Waals surface area contributed by atoms with Crippen molar-refractivity contribution in [1.82, 2.24) is 10.6 Å². The normalized spacial score (nSPS) is 10.5. The maximum atomic E-state index is 11.9. The van der Waals surface area contributed by atoms with Crippen molar-refractivity contribution < 1.29 is 14.3 Å². The van der Waals surface area contributed by atoms with Crippen molar-refractivity contribution in [1.29, 1.82) is 0 Å². The molecule has 26 heavy (non-hydrogen) atoms. The Morgan fingerprint density at radius 2 is 1.69 bits per heavy atom. The first-order valence-corrected chi connectivity index (χ1v) is 8.80. The van der Waals surface area contributed by atoms with E-state index < -0.39 is 0 Å². The van der Waals surface area contributed by atoms with Crippen LogP contribution >= 0.6 is 0 Å². The quantitative estimate of drug-likeness (QED) is 0.716. The van der Waals surface area contributed by atoms with Crippen LogP contribution in [0.3, 0.4) is 0 Å². The van der Waals surface area contributed by atoms with Gasteiger partial charge < -0.3 is 15.4 Å². The Morgan fingerprint density at radius 1 is 1.00 bits per heavy atom. The van der Waals surface area contributed by atoms with Gasteiger partial charge in [0.15, 0.2) is 6.61 Å². The zero-order valence-electron chi connectivity index (χ0n) is 15.5. The van der Waals surface area contributed by atoms with Gasteiger partial charge in [-0.2, -0.15) is 0 Å². The summed E-state index contributed by atoms with van der Waals surface area (Å²) in [6.45, 7) is 6.84. The van der Waals surface area contributed by atoms with E-state index in [2.05, 4.69) is 24.5 Å². The Labute approximate surface area is 154 Å². The minimum atomic E-state index is -0.213. The van der Waals surface area contributed by atoms with Crippen LogP contribution in [0.15, 0.2) is 48.5 Å². The van der Waals surface area contributed by atoms with Gasteiger partial charge in [0.25, 0.3) is 11.8 Å². The van der Waals surface area contributed by atoms with E-state index in [0.29, 0.717) is 24.6 Å². The standard InChI is InChI=1S/C21H26N2O3/c1-15(2)18-10-9-16(3)13-19(18)26-14-20(24)22-11-12-23-21(25)17-7-5-4-6-8-17/h4-10,13,15H,11-12,14H2,1-3H3,(H,22,24)(H,23,25). The fraction of sp³-hybridized carbons (Fsp3) is 0.333. The average Bonchev–Trinajstić information content (AvgIpc) is 2.64. The van der Waals surface area contributed by atoms with Gasteiger partial charge in [0.05, 0.1) is 0 Å². The van der Waals surface area contributed by atoms with Gasteiger partial charge in [0.1, 0.15) is 5.75 Å². The number of hydrogen-bond donors (Lipinski definition) is 2. The van der Waals surface area contributed by atoms with Crippen LogP contribution in [-0.4, -0.2) is 31.5 Å². The molecule has 0 atom stereocenters. The Bertz CT molecular complexity index is 742. The molecule has 2 rings (SSSR count). The lowest BCUT2D eigenvalue weighted by atomic mass is 10.0. The van der Waals surface area contributed by atoms with E-state index >= 15 is 0 Å². The zero-order chi connectivity index (χ0) is 18.9. The van der Waals surface area contributed by atoms with Crippen molar-refractivity contribution in [2.24, 2.45) is 0 Å². The minimum absolute atomic E-state index is 0.0458. The van der Waals surface area contributed by atoms with E-state index in [-0.39, 0.29) is 18.4 Å². The Kier molecular flexibility index (Phi) is 7.21. The molecule has 0 aliphatic carbocycles. The lowest BCUT2D eigenvalue weighted by Crippen LogP contribution is -2.36. The number of hydrogen-bond acceptors (Lipinski definition) is 3. The van der Waals surface area contributed by atoms with Crippen LogP contribution in [-0.2, 0) is 4.79 Å². The van der Waals surface area contributed by atoms with Gasteiger partial charge in [-0.05, 0) is 42.2 Å². The Morgan fingerprint density at radius 3 is 2.38 bits per heavy atom. The largest absolute Gasteiger partial charge is 0.483 e. The maximum absolute atomic E-state index is 11.9. The molecule has 0 saturated heterocycles. The van der Waals surface area contributed by atoms with E-state index in [0.717, 1.165) is 16.9 Å². The third-order valence-electron chi connectivity index (χ3n) is 3.92. The van der Waals surface area contributed by atoms with Gasteiger partial charge in [-0.1, -0.05) is 44.2 Å². The summed E-state index contributed by atoms with van der Waals surface area (Å²) in [7, 11) is 0. The zero-order valence-corrected chi connectivity index (χ0v) is 15.5. The summed E-state index contributed by atoms with van der Waals surface area (Å²) in [5.41, 5.74) is 2.77. The van der Waals surface area contributed by atoms with Crippen LogP contribution in [0, 0.1) is 6.92 Å². The first-order chi connectivity index (χ1) is 12.5. The smallest absolute Gasteiger partial charge is 0.258 e. The van der Waals surface area contributed by atoms with E-state index in [1.54, 1.807) is 12.1 Å². The third-order valence-corrected chi connectivity index (χ3v) is 3.92. The van der Waals surface area contributed by atoms with Gasteiger partial charge in [0.2, 0.25) is 0 Å². The second-order valence-corrected chi connectivity index (χ2v) is 6.46. The van der Waals surface area contributed by atoms with Crippen molar-refractivity contribution in [3.63, 3.8) is 0 Å². The third kappa shape index (κ3) is 5.92. The van der Waals surface area contributed by atoms with Gasteiger partial charge in [-0.25, -0.2) is 0 Å². The molecule has 2 N–H and O–H groups in total. The highest BCUT2D eigenvalue weighted by atomic mass is 16.5. The summed E-state index contributed by atoms with van der Waals surface area (Å²) in [5, 5.41) is 5.51. The molecule has 0 aliphatic rings. The van der Waals surface area contributed by atoms with Gasteiger partial charge >= 0.3 is 0 Å². The number of aryl methyl sites for hydroxylation is 1. The number of rotatable bonds is 8. The molecule has 0 saturated carbocycles.